The Bertz CT molecular complexity index is 1440. The molecule has 0 radical (unpaired) electrons. The summed E-state index contributed by atoms with van der Waals surface area (Å²) in [6.07, 6.45) is 0. The highest BCUT2D eigenvalue weighted by Crippen LogP contribution is 2.42. The number of nitrogens with one attached hydrogen (secondary N) is 2. The minimum Gasteiger partial charge on any atom is -0.493 e. The summed E-state index contributed by atoms with van der Waals surface area (Å²) in [6, 6.07) is 35.8. The highest BCUT2D eigenvalue weighted by atomic mass is 16.5. The molecular formula is C31H28N2O2. The van der Waals surface area contributed by atoms with E-state index in [2.05, 4.69) is 89.2 Å². The van der Waals surface area contributed by atoms with Crippen molar-refractivity contribution in [3.63, 3.8) is 0 Å². The number of benzene rings is 4. The quantitative estimate of drug-likeness (QED) is 0.301. The van der Waals surface area contributed by atoms with Crippen LogP contribution in [0.15, 0.2) is 103 Å². The summed E-state index contributed by atoms with van der Waals surface area (Å²) in [4.78, 5) is 3.74. The number of aromatic nitrogens is 1. The normalized spacial score (nSPS) is 17.2. The third kappa shape index (κ3) is 4.07. The molecule has 0 amide bonds. The van der Waals surface area contributed by atoms with E-state index in [1.54, 1.807) is 7.11 Å². The molecule has 0 saturated carbocycles. The highest BCUT2D eigenvalue weighted by molar-refractivity contribution is 5.86. The van der Waals surface area contributed by atoms with Gasteiger partial charge in [0.15, 0.2) is 11.5 Å². The average molecular weight is 461 g/mol. The molecule has 4 heteroatoms. The van der Waals surface area contributed by atoms with Crippen LogP contribution in [0.5, 0.6) is 11.5 Å². The molecule has 0 unspecified atom stereocenters. The van der Waals surface area contributed by atoms with Crippen LogP contribution in [0.4, 0.5) is 0 Å². The predicted octanol–water partition coefficient (Wildman–Crippen LogP) is 6.58. The second kappa shape index (κ2) is 9.32. The standard InChI is InChI=1S/C31H28N2O2/c1-34-27-17-16-23(18-28(27)35-20-21-10-4-2-5-11-21)30-31-29(24-14-8-9-15-26(24)33-31)25(19-32-30)22-12-6-3-7-13-22/h2-18,25,30,32-33H,19-20H2,1H3/t25-,30-/m1/s1. The number of para-hydroxylation sites is 1. The van der Waals surface area contributed by atoms with Gasteiger partial charge in [0.25, 0.3) is 0 Å². The topological polar surface area (TPSA) is 46.3 Å². The van der Waals surface area contributed by atoms with E-state index in [0.29, 0.717) is 6.61 Å². The number of fused-ring (bicyclic) bond motifs is 3. The number of methoxy groups -OCH3 is 1. The van der Waals surface area contributed by atoms with Gasteiger partial charge in [0.1, 0.15) is 6.61 Å². The van der Waals surface area contributed by atoms with E-state index in [1.807, 2.05) is 24.3 Å². The first kappa shape index (κ1) is 21.5. The first-order chi connectivity index (χ1) is 17.3. The van der Waals surface area contributed by atoms with Crippen molar-refractivity contribution in [3.8, 4) is 11.5 Å². The van der Waals surface area contributed by atoms with E-state index >= 15 is 0 Å². The molecule has 1 aliphatic rings. The fraction of sp³-hybridized carbons (Fsp3) is 0.161. The summed E-state index contributed by atoms with van der Waals surface area (Å²) in [5.41, 5.74) is 7.35. The summed E-state index contributed by atoms with van der Waals surface area (Å²) in [6.45, 7) is 1.35. The van der Waals surface area contributed by atoms with Crippen LogP contribution in [0, 0.1) is 0 Å². The smallest absolute Gasteiger partial charge is 0.162 e. The average Bonchev–Trinajstić information content (AvgIpc) is 3.32. The molecule has 0 spiro atoms. The molecular weight excluding hydrogens is 432 g/mol. The highest BCUT2D eigenvalue weighted by Gasteiger charge is 2.32. The lowest BCUT2D eigenvalue weighted by atomic mass is 9.83. The van der Waals surface area contributed by atoms with Crippen LogP contribution in [0.1, 0.15) is 39.9 Å². The van der Waals surface area contributed by atoms with Gasteiger partial charge in [-0.3, -0.25) is 0 Å². The zero-order chi connectivity index (χ0) is 23.6. The Morgan fingerprint density at radius 3 is 2.31 bits per heavy atom. The second-order valence-corrected chi connectivity index (χ2v) is 8.99. The van der Waals surface area contributed by atoms with E-state index in [-0.39, 0.29) is 12.0 Å². The van der Waals surface area contributed by atoms with Crippen molar-refractivity contribution in [2.75, 3.05) is 13.7 Å². The Morgan fingerprint density at radius 2 is 1.51 bits per heavy atom. The number of ether oxygens (including phenoxy) is 2. The first-order valence-electron chi connectivity index (χ1n) is 12.1. The van der Waals surface area contributed by atoms with Gasteiger partial charge in [-0.1, -0.05) is 84.9 Å². The van der Waals surface area contributed by atoms with Crippen molar-refractivity contribution >= 4 is 10.9 Å². The molecule has 0 bridgehead atoms. The molecule has 0 saturated heterocycles. The van der Waals surface area contributed by atoms with Gasteiger partial charge in [-0.25, -0.2) is 0 Å². The Hall–Kier alpha value is -4.02. The molecule has 0 fully saturated rings. The van der Waals surface area contributed by atoms with Crippen molar-refractivity contribution < 1.29 is 9.47 Å². The van der Waals surface area contributed by atoms with Gasteiger partial charge in [-0.15, -0.1) is 0 Å². The summed E-state index contributed by atoms with van der Waals surface area (Å²) < 4.78 is 11.8. The Balaban J connectivity index is 1.40. The molecule has 2 N–H and O–H groups in total. The molecule has 2 heterocycles. The van der Waals surface area contributed by atoms with Crippen LogP contribution in [-0.2, 0) is 6.61 Å². The van der Waals surface area contributed by atoms with Crippen LogP contribution in [0.3, 0.4) is 0 Å². The van der Waals surface area contributed by atoms with Crippen LogP contribution in [-0.4, -0.2) is 18.6 Å². The number of hydrogen-bond donors (Lipinski definition) is 2. The van der Waals surface area contributed by atoms with Crippen LogP contribution >= 0.6 is 0 Å². The Labute approximate surface area is 205 Å². The molecule has 35 heavy (non-hydrogen) atoms. The minimum absolute atomic E-state index is 0.0299. The van der Waals surface area contributed by atoms with Crippen molar-refractivity contribution in [1.29, 1.82) is 0 Å². The summed E-state index contributed by atoms with van der Waals surface area (Å²) >= 11 is 0. The van der Waals surface area contributed by atoms with Gasteiger partial charge in [0, 0.05) is 29.1 Å². The van der Waals surface area contributed by atoms with Gasteiger partial charge in [-0.05, 0) is 40.5 Å². The van der Waals surface area contributed by atoms with Gasteiger partial charge >= 0.3 is 0 Å². The maximum absolute atomic E-state index is 6.22. The zero-order valence-corrected chi connectivity index (χ0v) is 19.7. The van der Waals surface area contributed by atoms with E-state index in [4.69, 9.17) is 9.47 Å². The molecule has 4 aromatic carbocycles. The number of rotatable bonds is 6. The fourth-order valence-electron chi connectivity index (χ4n) is 5.20. The Kier molecular flexibility index (Phi) is 5.73. The van der Waals surface area contributed by atoms with Gasteiger partial charge in [0.2, 0.25) is 0 Å². The third-order valence-electron chi connectivity index (χ3n) is 6.90. The first-order valence-corrected chi connectivity index (χ1v) is 12.1. The molecule has 1 aliphatic heterocycles. The zero-order valence-electron chi connectivity index (χ0n) is 19.7. The predicted molar refractivity (Wildman–Crippen MR) is 140 cm³/mol. The maximum Gasteiger partial charge on any atom is 0.162 e. The minimum atomic E-state index is 0.0299. The maximum atomic E-state index is 6.22. The number of aromatic amines is 1. The molecule has 6 rings (SSSR count). The van der Waals surface area contributed by atoms with Crippen molar-refractivity contribution in [2.24, 2.45) is 0 Å². The van der Waals surface area contributed by atoms with Crippen LogP contribution < -0.4 is 14.8 Å². The molecule has 0 aliphatic carbocycles. The lowest BCUT2D eigenvalue weighted by Crippen LogP contribution is -2.34. The number of hydrogen-bond acceptors (Lipinski definition) is 3. The molecule has 4 nitrogen and oxygen atoms in total. The van der Waals surface area contributed by atoms with Crippen LogP contribution in [0.2, 0.25) is 0 Å². The fourth-order valence-corrected chi connectivity index (χ4v) is 5.20. The molecule has 174 valence electrons. The van der Waals surface area contributed by atoms with E-state index in [9.17, 15) is 0 Å². The van der Waals surface area contributed by atoms with Crippen molar-refractivity contribution in [3.05, 3.63) is 131 Å². The summed E-state index contributed by atoms with van der Waals surface area (Å²) in [5.74, 6) is 1.77. The SMILES string of the molecule is COc1ccc([C@H]2NC[C@H](c3ccccc3)c3c2[nH]c2ccccc32)cc1OCc1ccccc1. The van der Waals surface area contributed by atoms with E-state index in [0.717, 1.165) is 29.2 Å². The Morgan fingerprint density at radius 1 is 0.771 bits per heavy atom. The lowest BCUT2D eigenvalue weighted by Gasteiger charge is -2.31. The van der Waals surface area contributed by atoms with Crippen molar-refractivity contribution in [2.45, 2.75) is 18.6 Å². The molecule has 5 aromatic rings. The van der Waals surface area contributed by atoms with Crippen LogP contribution in [0.25, 0.3) is 10.9 Å². The van der Waals surface area contributed by atoms with Crippen molar-refractivity contribution in [1.82, 2.24) is 10.3 Å². The third-order valence-corrected chi connectivity index (χ3v) is 6.90. The van der Waals surface area contributed by atoms with Gasteiger partial charge in [0.05, 0.1) is 13.2 Å². The van der Waals surface area contributed by atoms with E-state index in [1.165, 1.54) is 27.7 Å². The largest absolute Gasteiger partial charge is 0.493 e. The number of H-pyrrole nitrogens is 1. The second-order valence-electron chi connectivity index (χ2n) is 8.99. The monoisotopic (exact) mass is 460 g/mol. The summed E-state index contributed by atoms with van der Waals surface area (Å²) in [5, 5.41) is 5.10. The molecule has 2 atom stereocenters. The summed E-state index contributed by atoms with van der Waals surface area (Å²) in [7, 11) is 1.68. The van der Waals surface area contributed by atoms with Gasteiger partial charge in [-0.2, -0.15) is 0 Å². The van der Waals surface area contributed by atoms with Gasteiger partial charge < -0.3 is 19.8 Å². The lowest BCUT2D eigenvalue weighted by molar-refractivity contribution is 0.284. The molecule has 1 aromatic heterocycles. The van der Waals surface area contributed by atoms with E-state index < -0.39 is 0 Å².